The number of aromatic hydroxyl groups is 1. The van der Waals surface area contributed by atoms with Crippen LogP contribution in [0.1, 0.15) is 28.4 Å². The molecule has 238 valence electrons. The Labute approximate surface area is 262 Å². The number of esters is 1. The third kappa shape index (κ3) is 6.60. The molecule has 1 aromatic heterocycles. The molecule has 0 spiro atoms. The fourth-order valence-corrected chi connectivity index (χ4v) is 4.44. The quantitative estimate of drug-likeness (QED) is 0.108. The van der Waals surface area contributed by atoms with E-state index in [1.807, 2.05) is 11.9 Å². The third-order valence-electron chi connectivity index (χ3n) is 6.71. The summed E-state index contributed by atoms with van der Waals surface area (Å²) in [7, 11) is 3.19. The molecule has 4 N–H and O–H groups in total. The maximum Gasteiger partial charge on any atom is 0.338 e. The molecule has 1 aliphatic heterocycles. The molecule has 0 aliphatic carbocycles. The Kier molecular flexibility index (Phi) is 9.16. The van der Waals surface area contributed by atoms with Gasteiger partial charge in [-0.05, 0) is 55.5 Å². The minimum atomic E-state index is -1.42. The van der Waals surface area contributed by atoms with Gasteiger partial charge in [-0.15, -0.1) is 0 Å². The lowest BCUT2D eigenvalue weighted by Crippen LogP contribution is -2.23. The Morgan fingerprint density at radius 3 is 2.37 bits per heavy atom. The number of likely N-dealkylation sites (N-methyl/N-ethyl adjacent to an activating group) is 1. The number of pyridine rings is 1. The van der Waals surface area contributed by atoms with Gasteiger partial charge < -0.3 is 39.4 Å². The summed E-state index contributed by atoms with van der Waals surface area (Å²) >= 11 is 0. The monoisotopic (exact) mass is 633 g/mol. The lowest BCUT2D eigenvalue weighted by atomic mass is 10.2. The van der Waals surface area contributed by atoms with E-state index in [2.05, 4.69) is 9.98 Å². The number of nitrogens with zero attached hydrogens (tertiary/aromatic N) is 3. The topological polar surface area (TPSA) is 162 Å². The van der Waals surface area contributed by atoms with Crippen molar-refractivity contribution in [3.05, 3.63) is 89.0 Å². The molecule has 0 unspecified atom stereocenters. The third-order valence-corrected chi connectivity index (χ3v) is 6.71. The van der Waals surface area contributed by atoms with Crippen molar-refractivity contribution in [1.82, 2.24) is 9.88 Å². The van der Waals surface area contributed by atoms with E-state index in [0.717, 1.165) is 6.54 Å². The number of aliphatic imine (C=N–C) groups is 1. The molecule has 1 aliphatic rings. The molecule has 4 aromatic rings. The molecular formula is C32H29F2N5O7. The van der Waals surface area contributed by atoms with Crippen LogP contribution >= 0.6 is 0 Å². The predicted octanol–water partition coefficient (Wildman–Crippen LogP) is 5.60. The van der Waals surface area contributed by atoms with Crippen molar-refractivity contribution >= 4 is 17.6 Å². The first kappa shape index (κ1) is 31.5. The van der Waals surface area contributed by atoms with Crippen molar-refractivity contribution < 1.29 is 42.4 Å². The summed E-state index contributed by atoms with van der Waals surface area (Å²) in [6.45, 7) is 3.07. The molecule has 12 nitrogen and oxygen atoms in total. The first-order valence-electron chi connectivity index (χ1n) is 13.9. The van der Waals surface area contributed by atoms with Crippen LogP contribution in [-0.2, 0) is 4.74 Å². The van der Waals surface area contributed by atoms with Crippen LogP contribution in [0.2, 0.25) is 0 Å². The van der Waals surface area contributed by atoms with Gasteiger partial charge in [-0.3, -0.25) is 10.4 Å². The van der Waals surface area contributed by atoms with Crippen LogP contribution < -0.4 is 24.7 Å². The van der Waals surface area contributed by atoms with Gasteiger partial charge in [0, 0.05) is 24.7 Å². The Balaban J connectivity index is 1.61. The highest BCUT2D eigenvalue weighted by atomic mass is 19.1. The maximum absolute atomic E-state index is 16.1. The SMILES string of the molecule is CCOC(=O)c1ccc(OC)c(Oc2c(F)c(Oc3cccc(C4=NCCN4C)c3)nc(Oc3cc(C(=N)N)ccc3O)c2F)c1. The van der Waals surface area contributed by atoms with Crippen molar-refractivity contribution in [3.8, 4) is 46.3 Å². The number of nitrogen functional groups attached to an aromatic ring is 1. The average Bonchev–Trinajstić information content (AvgIpc) is 3.48. The molecule has 0 fully saturated rings. The average molecular weight is 634 g/mol. The van der Waals surface area contributed by atoms with Gasteiger partial charge in [-0.2, -0.15) is 13.8 Å². The Bertz CT molecular complexity index is 1850. The van der Waals surface area contributed by atoms with E-state index in [1.54, 1.807) is 31.2 Å². The molecule has 5 rings (SSSR count). The lowest BCUT2D eigenvalue weighted by Gasteiger charge is -2.17. The van der Waals surface area contributed by atoms with E-state index in [4.69, 9.17) is 34.8 Å². The number of aromatic nitrogens is 1. The van der Waals surface area contributed by atoms with E-state index in [0.29, 0.717) is 17.9 Å². The zero-order valence-corrected chi connectivity index (χ0v) is 25.0. The normalized spacial score (nSPS) is 12.4. The van der Waals surface area contributed by atoms with Crippen LogP contribution in [0.3, 0.4) is 0 Å². The number of halogens is 2. The smallest absolute Gasteiger partial charge is 0.338 e. The van der Waals surface area contributed by atoms with Gasteiger partial charge in [0.05, 0.1) is 25.8 Å². The van der Waals surface area contributed by atoms with Gasteiger partial charge >= 0.3 is 5.97 Å². The second-order valence-corrected chi connectivity index (χ2v) is 9.82. The fraction of sp³-hybridized carbons (Fsp3) is 0.188. The molecule has 0 bridgehead atoms. The van der Waals surface area contributed by atoms with Crippen LogP contribution in [0.15, 0.2) is 65.7 Å². The van der Waals surface area contributed by atoms with Crippen LogP contribution in [0, 0.1) is 17.0 Å². The highest BCUT2D eigenvalue weighted by molar-refractivity contribution is 6.00. The molecule has 46 heavy (non-hydrogen) atoms. The zero-order chi connectivity index (χ0) is 33.0. The van der Waals surface area contributed by atoms with Crippen molar-refractivity contribution in [3.63, 3.8) is 0 Å². The Morgan fingerprint density at radius 2 is 1.70 bits per heavy atom. The van der Waals surface area contributed by atoms with Crippen LogP contribution in [0.4, 0.5) is 8.78 Å². The van der Waals surface area contributed by atoms with E-state index in [-0.39, 0.29) is 46.6 Å². The standard InChI is InChI=1S/C32H29F2N5O7/c1-4-43-32(41)19-9-11-22(42-3)24(16-19)45-27-25(33)30(44-20-7-5-6-18(14-20)29-37-12-13-39(29)2)38-31(26(27)34)46-23-15-17(28(35)36)8-10-21(23)40/h5-11,14-16,40H,4,12-13H2,1-3H3,(H3,35,36). The summed E-state index contributed by atoms with van der Waals surface area (Å²) < 4.78 is 59.5. The summed E-state index contributed by atoms with van der Waals surface area (Å²) in [5.74, 6) is -6.56. The molecule has 0 radical (unpaired) electrons. The molecule has 0 atom stereocenters. The number of phenols is 1. The molecule has 0 saturated heterocycles. The van der Waals surface area contributed by atoms with Crippen molar-refractivity contribution in [2.75, 3.05) is 33.9 Å². The van der Waals surface area contributed by atoms with Gasteiger partial charge in [0.2, 0.25) is 17.4 Å². The second kappa shape index (κ2) is 13.4. The number of amidine groups is 2. The first-order valence-corrected chi connectivity index (χ1v) is 13.9. The minimum absolute atomic E-state index is 0.0306. The highest BCUT2D eigenvalue weighted by Crippen LogP contribution is 2.43. The Hall–Kier alpha value is -5.92. The van der Waals surface area contributed by atoms with Crippen LogP contribution in [0.5, 0.6) is 46.3 Å². The van der Waals surface area contributed by atoms with Crippen molar-refractivity contribution in [2.45, 2.75) is 6.92 Å². The lowest BCUT2D eigenvalue weighted by molar-refractivity contribution is 0.0526. The number of hydrogen-bond acceptors (Lipinski definition) is 11. The molecule has 0 amide bonds. The van der Waals surface area contributed by atoms with Gasteiger partial charge in [0.15, 0.2) is 23.0 Å². The number of carbonyl (C=O) groups excluding carboxylic acids is 1. The molecular weight excluding hydrogens is 604 g/mol. The van der Waals surface area contributed by atoms with E-state index in [1.165, 1.54) is 43.5 Å². The largest absolute Gasteiger partial charge is 0.504 e. The fourth-order valence-electron chi connectivity index (χ4n) is 4.44. The summed E-state index contributed by atoms with van der Waals surface area (Å²) in [6.07, 6.45) is 0. The van der Waals surface area contributed by atoms with Crippen LogP contribution in [-0.4, -0.2) is 66.5 Å². The van der Waals surface area contributed by atoms with E-state index >= 15 is 8.78 Å². The summed E-state index contributed by atoms with van der Waals surface area (Å²) in [5.41, 5.74) is 6.43. The first-order chi connectivity index (χ1) is 22.1. The van der Waals surface area contributed by atoms with Crippen molar-refractivity contribution in [2.24, 2.45) is 10.7 Å². The van der Waals surface area contributed by atoms with Gasteiger partial charge in [-0.25, -0.2) is 4.79 Å². The van der Waals surface area contributed by atoms with E-state index in [9.17, 15) is 9.90 Å². The number of benzene rings is 3. The number of rotatable bonds is 11. The molecule has 3 aromatic carbocycles. The molecule has 2 heterocycles. The molecule has 0 saturated carbocycles. The van der Waals surface area contributed by atoms with Gasteiger partial charge in [0.1, 0.15) is 17.4 Å². The maximum atomic E-state index is 16.1. The number of nitrogens with one attached hydrogen (secondary N) is 1. The van der Waals surface area contributed by atoms with Crippen molar-refractivity contribution in [1.29, 1.82) is 5.41 Å². The Morgan fingerprint density at radius 1 is 0.978 bits per heavy atom. The highest BCUT2D eigenvalue weighted by Gasteiger charge is 2.28. The van der Waals surface area contributed by atoms with E-state index < -0.39 is 40.9 Å². The number of carbonyl (C=O) groups is 1. The number of methoxy groups -OCH3 is 1. The number of nitrogens with two attached hydrogens (primary N) is 1. The number of hydrogen-bond donors (Lipinski definition) is 3. The summed E-state index contributed by atoms with van der Waals surface area (Å²) in [4.78, 5) is 22.7. The molecule has 14 heteroatoms. The predicted molar refractivity (Wildman–Crippen MR) is 163 cm³/mol. The summed E-state index contributed by atoms with van der Waals surface area (Å²) in [6, 6.07) is 14.3. The number of phenolic OH excluding ortho intramolecular Hbond substituents is 1. The van der Waals surface area contributed by atoms with Gasteiger partial charge in [-0.1, -0.05) is 12.1 Å². The number of ether oxygens (including phenoxy) is 5. The zero-order valence-electron chi connectivity index (χ0n) is 25.0. The summed E-state index contributed by atoms with van der Waals surface area (Å²) in [5, 5.41) is 18.1. The minimum Gasteiger partial charge on any atom is -0.504 e. The second-order valence-electron chi connectivity index (χ2n) is 9.82. The van der Waals surface area contributed by atoms with Gasteiger partial charge in [0.25, 0.3) is 11.8 Å². The van der Waals surface area contributed by atoms with Crippen LogP contribution in [0.25, 0.3) is 0 Å².